The molecule has 106 valence electrons. The number of piperazine rings is 1. The van der Waals surface area contributed by atoms with Gasteiger partial charge >= 0.3 is 6.03 Å². The van der Waals surface area contributed by atoms with E-state index in [2.05, 4.69) is 25.6 Å². The molecule has 3 heterocycles. The van der Waals surface area contributed by atoms with Crippen LogP contribution in [-0.4, -0.2) is 47.1 Å². The van der Waals surface area contributed by atoms with Gasteiger partial charge in [0, 0.05) is 43.1 Å². The lowest BCUT2D eigenvalue weighted by molar-refractivity contribution is 0.208. The molecule has 3 rings (SSSR count). The van der Waals surface area contributed by atoms with Crippen LogP contribution < -0.4 is 10.2 Å². The van der Waals surface area contributed by atoms with Crippen LogP contribution in [0.3, 0.4) is 0 Å². The topological polar surface area (TPSA) is 61.4 Å². The summed E-state index contributed by atoms with van der Waals surface area (Å²) in [7, 11) is 0. The monoisotopic (exact) mass is 309 g/mol. The van der Waals surface area contributed by atoms with E-state index in [0.717, 1.165) is 23.9 Å². The molecule has 1 saturated heterocycles. The van der Waals surface area contributed by atoms with Crippen LogP contribution >= 0.6 is 22.7 Å². The summed E-state index contributed by atoms with van der Waals surface area (Å²) in [6.45, 7) is 5.04. The Morgan fingerprint density at radius 3 is 2.70 bits per heavy atom. The summed E-state index contributed by atoms with van der Waals surface area (Å²) in [5, 5.41) is 8.40. The van der Waals surface area contributed by atoms with E-state index in [1.165, 1.54) is 11.3 Å². The molecule has 0 saturated carbocycles. The van der Waals surface area contributed by atoms with Gasteiger partial charge in [0.15, 0.2) is 10.3 Å². The standard InChI is InChI=1S/C12H15N5OS2/c1-9-8-20-12(14-9)17-5-3-16(4-6-17)11(18)15-10-13-2-7-19-10/h2,7-8H,3-6H2,1H3,(H,13,15,18). The second kappa shape index (κ2) is 5.76. The highest BCUT2D eigenvalue weighted by molar-refractivity contribution is 7.14. The molecule has 2 aromatic heterocycles. The van der Waals surface area contributed by atoms with Crippen LogP contribution in [0, 0.1) is 6.92 Å². The third-order valence-corrected chi connectivity index (χ3v) is 4.80. The summed E-state index contributed by atoms with van der Waals surface area (Å²) < 4.78 is 0. The number of nitrogens with one attached hydrogen (secondary N) is 1. The SMILES string of the molecule is Cc1csc(N2CCN(C(=O)Nc3nccs3)CC2)n1. The van der Waals surface area contributed by atoms with Crippen LogP contribution in [0.4, 0.5) is 15.1 Å². The van der Waals surface area contributed by atoms with Crippen LogP contribution in [0.2, 0.25) is 0 Å². The van der Waals surface area contributed by atoms with Crippen LogP contribution in [0.5, 0.6) is 0 Å². The van der Waals surface area contributed by atoms with E-state index in [0.29, 0.717) is 18.2 Å². The van der Waals surface area contributed by atoms with Gasteiger partial charge in [0.05, 0.1) is 5.69 Å². The van der Waals surface area contributed by atoms with Gasteiger partial charge in [0.2, 0.25) is 0 Å². The van der Waals surface area contributed by atoms with E-state index in [4.69, 9.17) is 0 Å². The number of aromatic nitrogens is 2. The lowest BCUT2D eigenvalue weighted by Gasteiger charge is -2.34. The number of nitrogens with zero attached hydrogens (tertiary/aromatic N) is 4. The number of hydrogen-bond acceptors (Lipinski definition) is 6. The van der Waals surface area contributed by atoms with Crippen molar-refractivity contribution in [1.29, 1.82) is 0 Å². The first-order valence-electron chi connectivity index (χ1n) is 6.35. The maximum atomic E-state index is 12.1. The molecule has 20 heavy (non-hydrogen) atoms. The number of thiazole rings is 2. The van der Waals surface area contributed by atoms with Gasteiger partial charge in [-0.15, -0.1) is 22.7 Å². The average Bonchev–Trinajstić information content (AvgIpc) is 3.10. The molecule has 0 aromatic carbocycles. The molecule has 8 heteroatoms. The normalized spacial score (nSPS) is 15.4. The van der Waals surface area contributed by atoms with Gasteiger partial charge in [-0.3, -0.25) is 5.32 Å². The van der Waals surface area contributed by atoms with Gasteiger partial charge in [-0.25, -0.2) is 14.8 Å². The van der Waals surface area contributed by atoms with Gasteiger partial charge < -0.3 is 9.80 Å². The fourth-order valence-electron chi connectivity index (χ4n) is 2.04. The highest BCUT2D eigenvalue weighted by Gasteiger charge is 2.22. The Morgan fingerprint density at radius 1 is 1.30 bits per heavy atom. The molecular formula is C12H15N5OS2. The van der Waals surface area contributed by atoms with E-state index in [-0.39, 0.29) is 6.03 Å². The number of hydrogen-bond donors (Lipinski definition) is 1. The number of carbonyl (C=O) groups excluding carboxylic acids is 1. The molecule has 0 spiro atoms. The van der Waals surface area contributed by atoms with E-state index in [1.807, 2.05) is 17.2 Å². The zero-order chi connectivity index (χ0) is 13.9. The number of urea groups is 1. The Balaban J connectivity index is 1.54. The van der Waals surface area contributed by atoms with Crippen molar-refractivity contribution in [3.63, 3.8) is 0 Å². The number of rotatable bonds is 2. The number of amides is 2. The minimum Gasteiger partial charge on any atom is -0.345 e. The summed E-state index contributed by atoms with van der Waals surface area (Å²) in [6, 6.07) is -0.0741. The van der Waals surface area contributed by atoms with Gasteiger partial charge in [0.25, 0.3) is 0 Å². The molecule has 0 aliphatic carbocycles. The number of anilines is 2. The van der Waals surface area contributed by atoms with Gasteiger partial charge in [-0.05, 0) is 6.92 Å². The minimum atomic E-state index is -0.0741. The van der Waals surface area contributed by atoms with Crippen LogP contribution in [-0.2, 0) is 0 Å². The van der Waals surface area contributed by atoms with Crippen molar-refractivity contribution in [2.45, 2.75) is 6.92 Å². The maximum Gasteiger partial charge on any atom is 0.323 e. The Hall–Kier alpha value is -1.67. The summed E-state index contributed by atoms with van der Waals surface area (Å²) in [6.07, 6.45) is 1.68. The maximum absolute atomic E-state index is 12.1. The quantitative estimate of drug-likeness (QED) is 0.924. The molecule has 0 radical (unpaired) electrons. The van der Waals surface area contributed by atoms with Crippen molar-refractivity contribution >= 4 is 39.0 Å². The fourth-order valence-corrected chi connectivity index (χ4v) is 3.42. The van der Waals surface area contributed by atoms with Gasteiger partial charge in [-0.1, -0.05) is 0 Å². The molecule has 6 nitrogen and oxygen atoms in total. The Labute approximate surface area is 125 Å². The van der Waals surface area contributed by atoms with E-state index in [9.17, 15) is 4.79 Å². The predicted molar refractivity (Wildman–Crippen MR) is 81.8 cm³/mol. The second-order valence-electron chi connectivity index (χ2n) is 4.51. The first-order valence-corrected chi connectivity index (χ1v) is 8.11. The third-order valence-electron chi connectivity index (χ3n) is 3.09. The van der Waals surface area contributed by atoms with E-state index < -0.39 is 0 Å². The lowest BCUT2D eigenvalue weighted by atomic mass is 10.3. The molecule has 1 aliphatic rings. The summed E-state index contributed by atoms with van der Waals surface area (Å²) in [5.74, 6) is 0. The second-order valence-corrected chi connectivity index (χ2v) is 6.24. The molecule has 1 fully saturated rings. The Kier molecular flexibility index (Phi) is 3.83. The summed E-state index contributed by atoms with van der Waals surface area (Å²) in [5.41, 5.74) is 1.05. The average molecular weight is 309 g/mol. The Morgan fingerprint density at radius 2 is 2.10 bits per heavy atom. The molecule has 0 bridgehead atoms. The molecule has 0 atom stereocenters. The largest absolute Gasteiger partial charge is 0.345 e. The fraction of sp³-hybridized carbons (Fsp3) is 0.417. The number of aryl methyl sites for hydroxylation is 1. The highest BCUT2D eigenvalue weighted by atomic mass is 32.1. The zero-order valence-corrected chi connectivity index (χ0v) is 12.7. The van der Waals surface area contributed by atoms with Crippen LogP contribution in [0.15, 0.2) is 17.0 Å². The minimum absolute atomic E-state index is 0.0741. The lowest BCUT2D eigenvalue weighted by Crippen LogP contribution is -2.50. The molecule has 0 unspecified atom stereocenters. The Bertz CT molecular complexity index is 574. The van der Waals surface area contributed by atoms with Crippen molar-refractivity contribution < 1.29 is 4.79 Å². The van der Waals surface area contributed by atoms with Gasteiger partial charge in [-0.2, -0.15) is 0 Å². The molecule has 1 aliphatic heterocycles. The van der Waals surface area contributed by atoms with Crippen molar-refractivity contribution in [1.82, 2.24) is 14.9 Å². The smallest absolute Gasteiger partial charge is 0.323 e. The molecular weight excluding hydrogens is 294 g/mol. The molecule has 2 amide bonds. The van der Waals surface area contributed by atoms with Crippen molar-refractivity contribution in [2.75, 3.05) is 36.4 Å². The molecule has 1 N–H and O–H groups in total. The predicted octanol–water partition coefficient (Wildman–Crippen LogP) is 2.26. The highest BCUT2D eigenvalue weighted by Crippen LogP contribution is 2.21. The first kappa shape index (κ1) is 13.3. The van der Waals surface area contributed by atoms with Crippen molar-refractivity contribution in [3.05, 3.63) is 22.7 Å². The summed E-state index contributed by atoms with van der Waals surface area (Å²) >= 11 is 3.08. The van der Waals surface area contributed by atoms with Crippen molar-refractivity contribution in [3.8, 4) is 0 Å². The third kappa shape index (κ3) is 2.91. The first-order chi connectivity index (χ1) is 9.72. The summed E-state index contributed by atoms with van der Waals surface area (Å²) in [4.78, 5) is 24.6. The van der Waals surface area contributed by atoms with E-state index in [1.54, 1.807) is 17.5 Å². The van der Waals surface area contributed by atoms with Crippen LogP contribution in [0.1, 0.15) is 5.69 Å². The molecule has 2 aromatic rings. The van der Waals surface area contributed by atoms with E-state index >= 15 is 0 Å². The zero-order valence-electron chi connectivity index (χ0n) is 11.1. The van der Waals surface area contributed by atoms with Gasteiger partial charge in [0.1, 0.15) is 0 Å². The van der Waals surface area contributed by atoms with Crippen molar-refractivity contribution in [2.24, 2.45) is 0 Å². The number of carbonyl (C=O) groups is 1. The van der Waals surface area contributed by atoms with Crippen LogP contribution in [0.25, 0.3) is 0 Å².